The molecule has 1 aromatic carbocycles. The molecule has 5 nitrogen and oxygen atoms in total. The van der Waals surface area contributed by atoms with Crippen molar-refractivity contribution in [3.63, 3.8) is 0 Å². The molecular weight excluding hydrogens is 413 g/mol. The Bertz CT molecular complexity index is 978. The molecule has 0 bridgehead atoms. The molecule has 0 aliphatic heterocycles. The molecule has 0 saturated heterocycles. The summed E-state index contributed by atoms with van der Waals surface area (Å²) in [4.78, 5) is 19.2. The molecule has 2 aromatic heterocycles. The zero-order chi connectivity index (χ0) is 18.1. The number of hydrogen-bond donors (Lipinski definition) is 2. The molecule has 0 spiro atoms. The van der Waals surface area contributed by atoms with Crippen LogP contribution in [0.5, 0.6) is 0 Å². The number of aromatic carboxylic acids is 1. The lowest BCUT2D eigenvalue weighted by atomic mass is 10.1. The van der Waals surface area contributed by atoms with E-state index in [0.29, 0.717) is 10.7 Å². The number of carbonyl (C=O) groups is 1. The number of rotatable bonds is 4. The summed E-state index contributed by atoms with van der Waals surface area (Å²) in [5.41, 5.74) is 1.06. The smallest absolute Gasteiger partial charge is 0.354 e. The summed E-state index contributed by atoms with van der Waals surface area (Å²) in [7, 11) is 0. The van der Waals surface area contributed by atoms with Crippen LogP contribution < -0.4 is 5.32 Å². The van der Waals surface area contributed by atoms with Gasteiger partial charge < -0.3 is 10.4 Å². The van der Waals surface area contributed by atoms with E-state index < -0.39 is 17.8 Å². The zero-order valence-electron chi connectivity index (χ0n) is 12.9. The molecule has 0 saturated carbocycles. The minimum absolute atomic E-state index is 0.00377. The van der Waals surface area contributed by atoms with Crippen molar-refractivity contribution >= 4 is 50.1 Å². The maximum atomic E-state index is 14.1. The first kappa shape index (κ1) is 17.6. The molecule has 1 atom stereocenters. The van der Waals surface area contributed by atoms with Crippen LogP contribution in [0.3, 0.4) is 0 Å². The summed E-state index contributed by atoms with van der Waals surface area (Å²) in [5, 5.41) is 13.3. The van der Waals surface area contributed by atoms with Gasteiger partial charge in [0.05, 0.1) is 28.0 Å². The number of carboxylic acids is 1. The maximum absolute atomic E-state index is 14.1. The van der Waals surface area contributed by atoms with Gasteiger partial charge in [0.2, 0.25) is 0 Å². The van der Waals surface area contributed by atoms with E-state index in [4.69, 9.17) is 16.7 Å². The van der Waals surface area contributed by atoms with Gasteiger partial charge in [-0.1, -0.05) is 27.5 Å². The first-order chi connectivity index (χ1) is 11.9. The highest BCUT2D eigenvalue weighted by atomic mass is 79.9. The minimum atomic E-state index is -1.22. The van der Waals surface area contributed by atoms with E-state index in [1.165, 1.54) is 6.20 Å². The third kappa shape index (κ3) is 3.57. The van der Waals surface area contributed by atoms with Gasteiger partial charge >= 0.3 is 5.97 Å². The zero-order valence-corrected chi connectivity index (χ0v) is 15.3. The first-order valence-corrected chi connectivity index (χ1v) is 8.44. The molecule has 1 unspecified atom stereocenters. The van der Waals surface area contributed by atoms with Crippen molar-refractivity contribution in [2.45, 2.75) is 13.0 Å². The van der Waals surface area contributed by atoms with Crippen molar-refractivity contribution < 1.29 is 14.3 Å². The molecule has 0 aliphatic carbocycles. The molecule has 25 heavy (non-hydrogen) atoms. The summed E-state index contributed by atoms with van der Waals surface area (Å²) in [5.74, 6) is -1.81. The van der Waals surface area contributed by atoms with Crippen LogP contribution in [0.2, 0.25) is 5.02 Å². The van der Waals surface area contributed by atoms with E-state index in [1.807, 2.05) is 18.2 Å². The number of halogens is 3. The van der Waals surface area contributed by atoms with Crippen LogP contribution in [-0.4, -0.2) is 21.0 Å². The Morgan fingerprint density at radius 2 is 2.12 bits per heavy atom. The van der Waals surface area contributed by atoms with E-state index in [2.05, 4.69) is 31.2 Å². The Morgan fingerprint density at radius 3 is 2.84 bits per heavy atom. The Kier molecular flexibility index (Phi) is 4.87. The third-order valence-corrected chi connectivity index (χ3v) is 4.43. The predicted molar refractivity (Wildman–Crippen MR) is 97.6 cm³/mol. The highest BCUT2D eigenvalue weighted by molar-refractivity contribution is 9.10. The first-order valence-electron chi connectivity index (χ1n) is 7.27. The summed E-state index contributed by atoms with van der Waals surface area (Å²) in [6, 6.07) is 7.14. The van der Waals surface area contributed by atoms with E-state index in [9.17, 15) is 9.18 Å². The van der Waals surface area contributed by atoms with Gasteiger partial charge in [0.1, 0.15) is 11.5 Å². The van der Waals surface area contributed by atoms with Crippen LogP contribution in [0.25, 0.3) is 10.9 Å². The number of fused-ring (bicyclic) bond motifs is 1. The minimum Gasteiger partial charge on any atom is -0.477 e. The molecule has 0 fully saturated rings. The molecule has 128 valence electrons. The molecule has 0 aliphatic rings. The number of anilines is 1. The Labute approximate surface area is 156 Å². The number of nitrogens with one attached hydrogen (secondary N) is 1. The van der Waals surface area contributed by atoms with Crippen LogP contribution in [0.4, 0.5) is 10.1 Å². The highest BCUT2D eigenvalue weighted by Crippen LogP contribution is 2.34. The van der Waals surface area contributed by atoms with Crippen molar-refractivity contribution in [3.8, 4) is 0 Å². The third-order valence-electron chi connectivity index (χ3n) is 3.65. The normalized spacial score (nSPS) is 12.2. The average molecular weight is 425 g/mol. The van der Waals surface area contributed by atoms with E-state index >= 15 is 0 Å². The lowest BCUT2D eigenvalue weighted by Crippen LogP contribution is -2.14. The van der Waals surface area contributed by atoms with Gasteiger partial charge in [0.25, 0.3) is 0 Å². The second-order valence-electron chi connectivity index (χ2n) is 5.38. The van der Waals surface area contributed by atoms with Gasteiger partial charge in [0, 0.05) is 16.1 Å². The fraction of sp³-hybridized carbons (Fsp3) is 0.118. The number of pyridine rings is 2. The molecule has 8 heteroatoms. The molecule has 3 rings (SSSR count). The van der Waals surface area contributed by atoms with Gasteiger partial charge in [-0.3, -0.25) is 4.98 Å². The van der Waals surface area contributed by atoms with Gasteiger partial charge in [-0.15, -0.1) is 0 Å². The monoisotopic (exact) mass is 423 g/mol. The maximum Gasteiger partial charge on any atom is 0.354 e. The van der Waals surface area contributed by atoms with Crippen molar-refractivity contribution in [2.24, 2.45) is 0 Å². The van der Waals surface area contributed by atoms with Gasteiger partial charge in [0.15, 0.2) is 0 Å². The molecule has 2 heterocycles. The number of hydrogen-bond acceptors (Lipinski definition) is 4. The van der Waals surface area contributed by atoms with Crippen molar-refractivity contribution in [1.82, 2.24) is 9.97 Å². The van der Waals surface area contributed by atoms with Crippen molar-refractivity contribution in [1.29, 1.82) is 0 Å². The Morgan fingerprint density at radius 1 is 1.36 bits per heavy atom. The fourth-order valence-corrected chi connectivity index (χ4v) is 3.02. The predicted octanol–water partition coefficient (Wildman–Crippen LogP) is 5.06. The summed E-state index contributed by atoms with van der Waals surface area (Å²) < 4.78 is 15.0. The topological polar surface area (TPSA) is 75.1 Å². The highest BCUT2D eigenvalue weighted by Gasteiger charge is 2.18. The number of aromatic nitrogens is 2. The van der Waals surface area contributed by atoms with Crippen LogP contribution in [0.1, 0.15) is 29.1 Å². The van der Waals surface area contributed by atoms with Crippen LogP contribution in [0.15, 0.2) is 41.0 Å². The molecular formula is C17H12BrClFN3O2. The Hall–Kier alpha value is -2.25. The van der Waals surface area contributed by atoms with Gasteiger partial charge in [-0.25, -0.2) is 14.2 Å². The number of benzene rings is 1. The molecule has 2 N–H and O–H groups in total. The van der Waals surface area contributed by atoms with Crippen molar-refractivity contribution in [2.75, 3.05) is 5.32 Å². The lowest BCUT2D eigenvalue weighted by Gasteiger charge is -2.18. The number of nitrogens with zero attached hydrogens (tertiary/aromatic N) is 2. The van der Waals surface area contributed by atoms with Crippen LogP contribution in [-0.2, 0) is 0 Å². The fourth-order valence-electron chi connectivity index (χ4n) is 2.45. The summed E-state index contributed by atoms with van der Waals surface area (Å²) in [6.45, 7) is 1.68. The molecule has 0 amide bonds. The average Bonchev–Trinajstić information content (AvgIpc) is 2.57. The van der Waals surface area contributed by atoms with E-state index in [-0.39, 0.29) is 11.4 Å². The number of carboxylic acid groups (broad SMARTS) is 1. The Balaban J connectivity index is 2.04. The largest absolute Gasteiger partial charge is 0.477 e. The standard InChI is InChI=1S/C17H12BrClFN3O2/c1-8(15-12(20)3-5-14(23-15)17(24)25)22-16-10-6-9(18)2-4-13(10)21-7-11(16)19/h2-8H,1H3,(H,21,22)(H,24,25). The second kappa shape index (κ2) is 6.93. The quantitative estimate of drug-likeness (QED) is 0.612. The second-order valence-corrected chi connectivity index (χ2v) is 6.70. The summed E-state index contributed by atoms with van der Waals surface area (Å²) >= 11 is 9.66. The molecule has 3 aromatic rings. The SMILES string of the molecule is CC(Nc1c(Cl)cnc2ccc(Br)cc12)c1nc(C(=O)O)ccc1F. The van der Waals surface area contributed by atoms with Gasteiger partial charge in [-0.2, -0.15) is 0 Å². The lowest BCUT2D eigenvalue weighted by molar-refractivity contribution is 0.0690. The van der Waals surface area contributed by atoms with Gasteiger partial charge in [-0.05, 0) is 37.3 Å². The van der Waals surface area contributed by atoms with Crippen LogP contribution in [0, 0.1) is 5.82 Å². The van der Waals surface area contributed by atoms with Crippen LogP contribution >= 0.6 is 27.5 Å². The summed E-state index contributed by atoms with van der Waals surface area (Å²) in [6.07, 6.45) is 1.50. The molecule has 0 radical (unpaired) electrons. The van der Waals surface area contributed by atoms with E-state index in [1.54, 1.807) is 6.92 Å². The van der Waals surface area contributed by atoms with E-state index in [0.717, 1.165) is 27.5 Å². The van der Waals surface area contributed by atoms with Crippen molar-refractivity contribution in [3.05, 3.63) is 63.2 Å².